The molecule has 144 valence electrons. The number of ether oxygens (including phenoxy) is 1. The molecule has 7 heteroatoms. The Morgan fingerprint density at radius 2 is 2.15 bits per heavy atom. The lowest BCUT2D eigenvalue weighted by Crippen LogP contribution is -2.51. The predicted octanol–water partition coefficient (Wildman–Crippen LogP) is 3.66. The van der Waals surface area contributed by atoms with Crippen molar-refractivity contribution in [1.29, 1.82) is 0 Å². The zero-order chi connectivity index (χ0) is 19.2. The van der Waals surface area contributed by atoms with Crippen molar-refractivity contribution < 1.29 is 13.5 Å². The minimum atomic E-state index is -0.913. The third kappa shape index (κ3) is 3.31. The topological polar surface area (TPSA) is 60.0 Å². The van der Waals surface area contributed by atoms with Crippen molar-refractivity contribution in [2.24, 2.45) is 27.6 Å². The van der Waals surface area contributed by atoms with Crippen molar-refractivity contribution in [3.05, 3.63) is 47.5 Å². The summed E-state index contributed by atoms with van der Waals surface area (Å²) in [5.74, 6) is -0.0296. The number of nitrogens with two attached hydrogens (primary N) is 1. The SMILES string of the molecule is CC(C)C1C=CC([C@H]2C[C@H]3CSC(N)=N[C@@]3(c3ccc(F)cc3F)CO2)=N1. The molecule has 2 N–H and O–H groups in total. The van der Waals surface area contributed by atoms with Gasteiger partial charge in [-0.3, -0.25) is 4.99 Å². The zero-order valence-electron chi connectivity index (χ0n) is 15.4. The smallest absolute Gasteiger partial charge is 0.154 e. The second kappa shape index (κ2) is 7.02. The summed E-state index contributed by atoms with van der Waals surface area (Å²) in [6, 6.07) is 3.81. The highest BCUT2D eigenvalue weighted by atomic mass is 32.2. The Bertz CT molecular complexity index is 839. The van der Waals surface area contributed by atoms with E-state index in [9.17, 15) is 8.78 Å². The number of amidine groups is 1. The van der Waals surface area contributed by atoms with Crippen LogP contribution in [0.15, 0.2) is 40.3 Å². The number of thioether (sulfide) groups is 1. The third-order valence-corrected chi connectivity index (χ3v) is 6.55. The van der Waals surface area contributed by atoms with Crippen molar-refractivity contribution in [3.63, 3.8) is 0 Å². The van der Waals surface area contributed by atoms with Gasteiger partial charge in [0.1, 0.15) is 17.2 Å². The fourth-order valence-corrected chi connectivity index (χ4v) is 5.04. The molecule has 3 aliphatic heterocycles. The highest BCUT2D eigenvalue weighted by molar-refractivity contribution is 8.13. The fraction of sp³-hybridized carbons (Fsp3) is 0.500. The summed E-state index contributed by atoms with van der Waals surface area (Å²) < 4.78 is 34.2. The Hall–Kier alpha value is -1.73. The third-order valence-electron chi connectivity index (χ3n) is 5.59. The Balaban J connectivity index is 1.66. The Kier molecular flexibility index (Phi) is 4.84. The summed E-state index contributed by atoms with van der Waals surface area (Å²) in [6.07, 6.45) is 4.68. The van der Waals surface area contributed by atoms with Crippen molar-refractivity contribution in [2.75, 3.05) is 12.4 Å². The van der Waals surface area contributed by atoms with Crippen LogP contribution in [0.3, 0.4) is 0 Å². The molecule has 0 aromatic heterocycles. The van der Waals surface area contributed by atoms with E-state index in [0.29, 0.717) is 23.1 Å². The van der Waals surface area contributed by atoms with Gasteiger partial charge in [0.25, 0.3) is 0 Å². The van der Waals surface area contributed by atoms with E-state index in [1.807, 2.05) is 6.08 Å². The number of aliphatic imine (C=N–C) groups is 2. The van der Waals surface area contributed by atoms with Crippen LogP contribution in [0.4, 0.5) is 8.78 Å². The number of rotatable bonds is 3. The molecule has 3 heterocycles. The average molecular weight is 391 g/mol. The molecule has 4 atom stereocenters. The number of nitrogens with zero attached hydrogens (tertiary/aromatic N) is 2. The van der Waals surface area contributed by atoms with Crippen LogP contribution in [-0.2, 0) is 10.3 Å². The summed E-state index contributed by atoms with van der Waals surface area (Å²) in [5, 5.41) is 0.412. The Labute approximate surface area is 162 Å². The van der Waals surface area contributed by atoms with Crippen LogP contribution < -0.4 is 5.73 Å². The van der Waals surface area contributed by atoms with Crippen molar-refractivity contribution in [1.82, 2.24) is 0 Å². The summed E-state index contributed by atoms with van der Waals surface area (Å²) in [6.45, 7) is 4.48. The quantitative estimate of drug-likeness (QED) is 0.855. The predicted molar refractivity (Wildman–Crippen MR) is 105 cm³/mol. The Morgan fingerprint density at radius 3 is 2.85 bits per heavy atom. The molecule has 0 saturated carbocycles. The second-order valence-corrected chi connectivity index (χ2v) is 8.73. The van der Waals surface area contributed by atoms with Gasteiger partial charge in [-0.05, 0) is 24.5 Å². The van der Waals surface area contributed by atoms with E-state index in [-0.39, 0.29) is 24.7 Å². The molecule has 0 spiro atoms. The van der Waals surface area contributed by atoms with E-state index in [1.54, 1.807) is 0 Å². The Morgan fingerprint density at radius 1 is 1.33 bits per heavy atom. The van der Waals surface area contributed by atoms with Crippen LogP contribution in [0.2, 0.25) is 0 Å². The van der Waals surface area contributed by atoms with Gasteiger partial charge in [-0.25, -0.2) is 13.8 Å². The number of halogens is 2. The first-order valence-corrected chi connectivity index (χ1v) is 10.2. The number of hydrogen-bond acceptors (Lipinski definition) is 5. The van der Waals surface area contributed by atoms with Crippen LogP contribution in [0.5, 0.6) is 0 Å². The lowest BCUT2D eigenvalue weighted by Gasteiger charge is -2.46. The number of hydrogen-bond donors (Lipinski definition) is 1. The maximum absolute atomic E-state index is 14.6. The van der Waals surface area contributed by atoms with E-state index in [2.05, 4.69) is 24.9 Å². The molecule has 0 amide bonds. The zero-order valence-corrected chi connectivity index (χ0v) is 16.2. The molecular weight excluding hydrogens is 368 g/mol. The van der Waals surface area contributed by atoms with Gasteiger partial charge in [-0.15, -0.1) is 0 Å². The van der Waals surface area contributed by atoms with Crippen LogP contribution in [0.1, 0.15) is 25.8 Å². The van der Waals surface area contributed by atoms with Crippen LogP contribution in [-0.4, -0.2) is 35.4 Å². The van der Waals surface area contributed by atoms with Gasteiger partial charge in [0.2, 0.25) is 0 Å². The van der Waals surface area contributed by atoms with Crippen molar-refractivity contribution in [3.8, 4) is 0 Å². The lowest BCUT2D eigenvalue weighted by molar-refractivity contribution is -0.0249. The van der Waals surface area contributed by atoms with Gasteiger partial charge in [0.15, 0.2) is 5.17 Å². The molecule has 1 aromatic rings. The highest BCUT2D eigenvalue weighted by Crippen LogP contribution is 2.47. The first kappa shape index (κ1) is 18.6. The maximum Gasteiger partial charge on any atom is 0.154 e. The number of benzene rings is 1. The molecule has 4 nitrogen and oxygen atoms in total. The van der Waals surface area contributed by atoms with E-state index in [4.69, 9.17) is 15.5 Å². The summed E-state index contributed by atoms with van der Waals surface area (Å²) in [5.41, 5.74) is 6.35. The van der Waals surface area contributed by atoms with E-state index < -0.39 is 17.2 Å². The molecule has 0 radical (unpaired) electrons. The molecule has 0 aliphatic carbocycles. The monoisotopic (exact) mass is 391 g/mol. The minimum Gasteiger partial charge on any atom is -0.379 e. The van der Waals surface area contributed by atoms with E-state index >= 15 is 0 Å². The van der Waals surface area contributed by atoms with E-state index in [1.165, 1.54) is 23.9 Å². The maximum atomic E-state index is 14.6. The second-order valence-electron chi connectivity index (χ2n) is 7.69. The van der Waals surface area contributed by atoms with Gasteiger partial charge in [0.05, 0.1) is 24.5 Å². The van der Waals surface area contributed by atoms with Crippen molar-refractivity contribution in [2.45, 2.75) is 38.0 Å². The van der Waals surface area contributed by atoms with Gasteiger partial charge < -0.3 is 10.5 Å². The molecule has 27 heavy (non-hydrogen) atoms. The first-order chi connectivity index (χ1) is 12.9. The van der Waals surface area contributed by atoms with Gasteiger partial charge in [-0.2, -0.15) is 0 Å². The standard InChI is InChI=1S/C20H23F2N3OS/c1-11(2)16-5-6-17(24-16)18-7-12-9-27-19(23)25-20(12,10-26-18)14-4-3-13(21)8-15(14)22/h3-6,8,11-12,16,18H,7,9-10H2,1-2H3,(H2,23,25)/t12-,16?,18+,20-/m0/s1. The molecule has 4 rings (SSSR count). The summed E-state index contributed by atoms with van der Waals surface area (Å²) >= 11 is 1.47. The van der Waals surface area contributed by atoms with Crippen molar-refractivity contribution >= 4 is 22.6 Å². The van der Waals surface area contributed by atoms with Crippen LogP contribution in [0, 0.1) is 23.5 Å². The number of fused-ring (bicyclic) bond motifs is 1. The van der Waals surface area contributed by atoms with E-state index in [0.717, 1.165) is 17.5 Å². The minimum absolute atomic E-state index is 0.0303. The first-order valence-electron chi connectivity index (χ1n) is 9.20. The van der Waals surface area contributed by atoms with Crippen LogP contribution >= 0.6 is 11.8 Å². The molecule has 0 bridgehead atoms. The molecule has 1 aromatic carbocycles. The molecule has 1 saturated heterocycles. The summed E-state index contributed by atoms with van der Waals surface area (Å²) in [7, 11) is 0. The fourth-order valence-electron chi connectivity index (χ4n) is 4.03. The average Bonchev–Trinajstić information content (AvgIpc) is 3.11. The summed E-state index contributed by atoms with van der Waals surface area (Å²) in [4.78, 5) is 9.39. The molecule has 1 unspecified atom stereocenters. The normalized spacial score (nSPS) is 33.0. The lowest BCUT2D eigenvalue weighted by atomic mass is 9.74. The van der Waals surface area contributed by atoms with Gasteiger partial charge in [-0.1, -0.05) is 37.8 Å². The largest absolute Gasteiger partial charge is 0.379 e. The molecule has 3 aliphatic rings. The highest BCUT2D eigenvalue weighted by Gasteiger charge is 2.50. The van der Waals surface area contributed by atoms with Gasteiger partial charge >= 0.3 is 0 Å². The molecular formula is C20H23F2N3OS. The molecule has 1 fully saturated rings. The van der Waals surface area contributed by atoms with Gasteiger partial charge in [0, 0.05) is 23.3 Å². The van der Waals surface area contributed by atoms with Crippen LogP contribution in [0.25, 0.3) is 0 Å².